The van der Waals surface area contributed by atoms with Crippen molar-refractivity contribution in [2.24, 2.45) is 0 Å². The zero-order valence-corrected chi connectivity index (χ0v) is 13.3. The average Bonchev–Trinajstić information content (AvgIpc) is 2.40. The quantitative estimate of drug-likeness (QED) is 0.815. The van der Waals surface area contributed by atoms with Gasteiger partial charge in [0.15, 0.2) is 0 Å². The highest BCUT2D eigenvalue weighted by Gasteiger charge is 2.31. The second-order valence-corrected chi connectivity index (χ2v) is 6.06. The standard InChI is InChI=1S/C17H20F3NO2/c1-5-6-10-14(21-15(22)23-16(2,3)4)12-8-7-9-13(11-12)17(18,19)20/h1,7-9,11,14H,6,10H2,2-4H3,(H,21,22). The van der Waals surface area contributed by atoms with Crippen LogP contribution < -0.4 is 5.32 Å². The van der Waals surface area contributed by atoms with Crippen LogP contribution in [0.25, 0.3) is 0 Å². The zero-order valence-electron chi connectivity index (χ0n) is 13.3. The Hall–Kier alpha value is -2.16. The van der Waals surface area contributed by atoms with Crippen molar-refractivity contribution in [1.82, 2.24) is 5.32 Å². The molecule has 1 amide bonds. The van der Waals surface area contributed by atoms with Crippen LogP contribution in [0.3, 0.4) is 0 Å². The number of hydrogen-bond acceptors (Lipinski definition) is 2. The molecule has 0 radical (unpaired) electrons. The van der Waals surface area contributed by atoms with Crippen LogP contribution in [0.4, 0.5) is 18.0 Å². The molecule has 1 rings (SSSR count). The van der Waals surface area contributed by atoms with E-state index in [1.54, 1.807) is 20.8 Å². The van der Waals surface area contributed by atoms with E-state index in [0.29, 0.717) is 18.4 Å². The third kappa shape index (κ3) is 6.64. The molecule has 0 spiro atoms. The van der Waals surface area contributed by atoms with Crippen molar-refractivity contribution >= 4 is 6.09 Å². The Bertz CT molecular complexity index is 583. The van der Waals surface area contributed by atoms with Crippen LogP contribution in [0, 0.1) is 12.3 Å². The molecule has 126 valence electrons. The van der Waals surface area contributed by atoms with Crippen molar-refractivity contribution in [3.8, 4) is 12.3 Å². The van der Waals surface area contributed by atoms with Gasteiger partial charge in [0.25, 0.3) is 0 Å². The molecule has 3 nitrogen and oxygen atoms in total. The molecule has 0 saturated carbocycles. The van der Waals surface area contributed by atoms with E-state index >= 15 is 0 Å². The number of rotatable bonds is 4. The van der Waals surface area contributed by atoms with Crippen LogP contribution in [-0.2, 0) is 10.9 Å². The lowest BCUT2D eigenvalue weighted by Crippen LogP contribution is -2.35. The summed E-state index contributed by atoms with van der Waals surface area (Å²) in [6.45, 7) is 5.11. The number of terminal acetylenes is 1. The van der Waals surface area contributed by atoms with Gasteiger partial charge >= 0.3 is 12.3 Å². The van der Waals surface area contributed by atoms with Crippen molar-refractivity contribution < 1.29 is 22.7 Å². The van der Waals surface area contributed by atoms with Crippen LogP contribution in [-0.4, -0.2) is 11.7 Å². The normalized spacial score (nSPS) is 13.1. The van der Waals surface area contributed by atoms with E-state index in [9.17, 15) is 18.0 Å². The van der Waals surface area contributed by atoms with Crippen molar-refractivity contribution in [2.75, 3.05) is 0 Å². The van der Waals surface area contributed by atoms with Gasteiger partial charge in [0.2, 0.25) is 0 Å². The minimum atomic E-state index is -4.45. The number of alkyl carbamates (subject to hydrolysis) is 1. The minimum absolute atomic E-state index is 0.316. The van der Waals surface area contributed by atoms with Crippen LogP contribution in [0.5, 0.6) is 0 Å². The van der Waals surface area contributed by atoms with Gasteiger partial charge in [-0.15, -0.1) is 12.3 Å². The highest BCUT2D eigenvalue weighted by Crippen LogP contribution is 2.31. The molecule has 6 heteroatoms. The van der Waals surface area contributed by atoms with Crippen molar-refractivity contribution in [1.29, 1.82) is 0 Å². The maximum Gasteiger partial charge on any atom is 0.416 e. The van der Waals surface area contributed by atoms with Gasteiger partial charge in [-0.25, -0.2) is 4.79 Å². The fourth-order valence-electron chi connectivity index (χ4n) is 1.93. The summed E-state index contributed by atoms with van der Waals surface area (Å²) in [5.74, 6) is 2.42. The Balaban J connectivity index is 2.98. The largest absolute Gasteiger partial charge is 0.444 e. The smallest absolute Gasteiger partial charge is 0.416 e. The van der Waals surface area contributed by atoms with Gasteiger partial charge in [0, 0.05) is 6.42 Å². The molecule has 0 bridgehead atoms. The number of hydrogen-bond donors (Lipinski definition) is 1. The number of carbonyl (C=O) groups excluding carboxylic acids is 1. The predicted molar refractivity (Wildman–Crippen MR) is 81.6 cm³/mol. The molecule has 0 aromatic heterocycles. The first-order valence-corrected chi connectivity index (χ1v) is 7.13. The van der Waals surface area contributed by atoms with E-state index in [2.05, 4.69) is 11.2 Å². The lowest BCUT2D eigenvalue weighted by Gasteiger charge is -2.24. The first-order chi connectivity index (χ1) is 10.5. The Morgan fingerprint density at radius 3 is 2.52 bits per heavy atom. The monoisotopic (exact) mass is 327 g/mol. The van der Waals surface area contributed by atoms with Gasteiger partial charge in [0.1, 0.15) is 5.60 Å². The van der Waals surface area contributed by atoms with E-state index in [1.165, 1.54) is 12.1 Å². The Morgan fingerprint density at radius 1 is 1.35 bits per heavy atom. The van der Waals surface area contributed by atoms with Crippen molar-refractivity contribution in [3.05, 3.63) is 35.4 Å². The summed E-state index contributed by atoms with van der Waals surface area (Å²) in [7, 11) is 0. The summed E-state index contributed by atoms with van der Waals surface area (Å²) in [5, 5.41) is 2.58. The summed E-state index contributed by atoms with van der Waals surface area (Å²) >= 11 is 0. The number of alkyl halides is 3. The Morgan fingerprint density at radius 2 is 2.00 bits per heavy atom. The molecule has 1 atom stereocenters. The molecule has 0 fully saturated rings. The molecule has 1 unspecified atom stereocenters. The second kappa shape index (κ2) is 7.40. The summed E-state index contributed by atoms with van der Waals surface area (Å²) in [6.07, 6.45) is 0.702. The van der Waals surface area contributed by atoms with E-state index in [-0.39, 0.29) is 0 Å². The number of ether oxygens (including phenoxy) is 1. The van der Waals surface area contributed by atoms with E-state index in [0.717, 1.165) is 12.1 Å². The number of benzene rings is 1. The minimum Gasteiger partial charge on any atom is -0.444 e. The lowest BCUT2D eigenvalue weighted by molar-refractivity contribution is -0.137. The Kier molecular flexibility index (Phi) is 6.08. The third-order valence-corrected chi connectivity index (χ3v) is 2.88. The topological polar surface area (TPSA) is 38.3 Å². The first kappa shape index (κ1) is 18.9. The van der Waals surface area contributed by atoms with E-state index in [4.69, 9.17) is 11.2 Å². The molecule has 0 heterocycles. The fraction of sp³-hybridized carbons (Fsp3) is 0.471. The number of nitrogens with one attached hydrogen (secondary N) is 1. The summed E-state index contributed by atoms with van der Waals surface area (Å²) in [6, 6.07) is 4.17. The lowest BCUT2D eigenvalue weighted by atomic mass is 10.00. The number of carbonyl (C=O) groups is 1. The maximum atomic E-state index is 12.8. The molecule has 1 aromatic carbocycles. The van der Waals surface area contributed by atoms with Crippen molar-refractivity contribution in [2.45, 2.75) is 51.4 Å². The maximum absolute atomic E-state index is 12.8. The SMILES string of the molecule is C#CCCC(NC(=O)OC(C)(C)C)c1cccc(C(F)(F)F)c1. The van der Waals surface area contributed by atoms with Crippen LogP contribution in [0.15, 0.2) is 24.3 Å². The number of halogens is 3. The Labute approximate surface area is 134 Å². The molecule has 0 aliphatic rings. The molecule has 23 heavy (non-hydrogen) atoms. The summed E-state index contributed by atoms with van der Waals surface area (Å²) in [5.41, 5.74) is -1.14. The van der Waals surface area contributed by atoms with Gasteiger partial charge in [0.05, 0.1) is 11.6 Å². The van der Waals surface area contributed by atoms with E-state index in [1.807, 2.05) is 0 Å². The van der Waals surface area contributed by atoms with Gasteiger partial charge in [-0.3, -0.25) is 0 Å². The van der Waals surface area contributed by atoms with E-state index < -0.39 is 29.5 Å². The summed E-state index contributed by atoms with van der Waals surface area (Å²) in [4.78, 5) is 11.9. The molecule has 1 N–H and O–H groups in total. The zero-order chi connectivity index (χ0) is 17.7. The predicted octanol–water partition coefficient (Wildman–Crippen LogP) is 4.68. The molecule has 0 aliphatic heterocycles. The van der Waals surface area contributed by atoms with Crippen LogP contribution in [0.2, 0.25) is 0 Å². The second-order valence-electron chi connectivity index (χ2n) is 6.06. The van der Waals surface area contributed by atoms with Crippen molar-refractivity contribution in [3.63, 3.8) is 0 Å². The van der Waals surface area contributed by atoms with Gasteiger partial charge in [-0.1, -0.05) is 12.1 Å². The highest BCUT2D eigenvalue weighted by molar-refractivity contribution is 5.68. The van der Waals surface area contributed by atoms with Gasteiger partial charge < -0.3 is 10.1 Å². The molecule has 0 saturated heterocycles. The number of amides is 1. The molecular weight excluding hydrogens is 307 g/mol. The van der Waals surface area contributed by atoms with Gasteiger partial charge in [-0.05, 0) is 44.9 Å². The summed E-state index contributed by atoms with van der Waals surface area (Å²) < 4.78 is 43.6. The molecular formula is C17H20F3NO2. The molecule has 0 aliphatic carbocycles. The molecule has 1 aromatic rings. The van der Waals surface area contributed by atoms with Crippen LogP contribution in [0.1, 0.15) is 50.8 Å². The van der Waals surface area contributed by atoms with Gasteiger partial charge in [-0.2, -0.15) is 13.2 Å². The highest BCUT2D eigenvalue weighted by atomic mass is 19.4. The van der Waals surface area contributed by atoms with Crippen LogP contribution >= 0.6 is 0 Å². The first-order valence-electron chi connectivity index (χ1n) is 7.13. The average molecular weight is 327 g/mol. The third-order valence-electron chi connectivity index (χ3n) is 2.88. The fourth-order valence-corrected chi connectivity index (χ4v) is 1.93.